The molecule has 1 aliphatic carbocycles. The summed E-state index contributed by atoms with van der Waals surface area (Å²) in [4.78, 5) is 12.8. The zero-order valence-electron chi connectivity index (χ0n) is 17.2. The number of aryl methyl sites for hydroxylation is 3. The summed E-state index contributed by atoms with van der Waals surface area (Å²) in [6, 6.07) is 8.90. The van der Waals surface area contributed by atoms with Gasteiger partial charge in [-0.1, -0.05) is 24.6 Å². The second-order valence-electron chi connectivity index (χ2n) is 8.08. The van der Waals surface area contributed by atoms with Crippen LogP contribution >= 0.6 is 0 Å². The Bertz CT molecular complexity index is 1220. The van der Waals surface area contributed by atoms with Gasteiger partial charge in [-0.15, -0.1) is 0 Å². The lowest BCUT2D eigenvalue weighted by Crippen LogP contribution is -2.10. The van der Waals surface area contributed by atoms with Gasteiger partial charge in [0.2, 0.25) is 0 Å². The Hall–Kier alpha value is -2.99. The molecule has 3 heterocycles. The van der Waals surface area contributed by atoms with Gasteiger partial charge in [-0.3, -0.25) is 4.68 Å². The first-order valence-electron chi connectivity index (χ1n) is 10.3. The minimum atomic E-state index is 0.147. The number of imidazole rings is 1. The molecule has 0 saturated carbocycles. The fourth-order valence-corrected chi connectivity index (χ4v) is 4.57. The van der Waals surface area contributed by atoms with Gasteiger partial charge < -0.3 is 10.7 Å². The number of benzene rings is 1. The number of pyridine rings is 1. The number of nitrogens with one attached hydrogen (secondary N) is 1. The Kier molecular flexibility index (Phi) is 4.24. The first-order valence-corrected chi connectivity index (χ1v) is 10.3. The smallest absolute Gasteiger partial charge is 0.178 e. The van der Waals surface area contributed by atoms with Crippen LogP contribution in [-0.2, 0) is 13.5 Å². The highest BCUT2D eigenvalue weighted by molar-refractivity contribution is 5.91. The molecule has 0 spiro atoms. The second kappa shape index (κ2) is 6.81. The zero-order valence-corrected chi connectivity index (χ0v) is 17.2. The van der Waals surface area contributed by atoms with E-state index in [9.17, 15) is 0 Å². The molecule has 6 heteroatoms. The third-order valence-electron chi connectivity index (χ3n) is 6.20. The fourth-order valence-electron chi connectivity index (χ4n) is 4.57. The second-order valence-corrected chi connectivity index (χ2v) is 8.08. The Morgan fingerprint density at radius 2 is 2.03 bits per heavy atom. The topological polar surface area (TPSA) is 85.4 Å². The van der Waals surface area contributed by atoms with E-state index < -0.39 is 0 Å². The lowest BCUT2D eigenvalue weighted by Gasteiger charge is -2.14. The van der Waals surface area contributed by atoms with Crippen LogP contribution in [0.5, 0.6) is 0 Å². The Morgan fingerprint density at radius 1 is 1.17 bits per heavy atom. The van der Waals surface area contributed by atoms with Crippen LogP contribution in [-0.4, -0.2) is 24.7 Å². The summed E-state index contributed by atoms with van der Waals surface area (Å²) < 4.78 is 1.89. The number of H-pyrrole nitrogens is 1. The third kappa shape index (κ3) is 2.95. The van der Waals surface area contributed by atoms with E-state index in [0.29, 0.717) is 0 Å². The minimum absolute atomic E-state index is 0.147. The van der Waals surface area contributed by atoms with Crippen molar-refractivity contribution >= 4 is 11.2 Å². The van der Waals surface area contributed by atoms with E-state index >= 15 is 0 Å². The number of rotatable bonds is 2. The first kappa shape index (κ1) is 18.1. The summed E-state index contributed by atoms with van der Waals surface area (Å²) in [6.07, 6.45) is 6.39. The van der Waals surface area contributed by atoms with Crippen LogP contribution in [0, 0.1) is 13.8 Å². The lowest BCUT2D eigenvalue weighted by atomic mass is 9.94. The quantitative estimate of drug-likeness (QED) is 0.501. The minimum Gasteiger partial charge on any atom is -0.336 e. The molecule has 148 valence electrons. The predicted octanol–water partition coefficient (Wildman–Crippen LogP) is 4.37. The number of nitrogens with zero attached hydrogens (tertiary/aromatic N) is 4. The van der Waals surface area contributed by atoms with Gasteiger partial charge in [0.05, 0.1) is 16.8 Å². The van der Waals surface area contributed by atoms with Crippen LogP contribution < -0.4 is 5.73 Å². The van der Waals surface area contributed by atoms with Gasteiger partial charge in [0.1, 0.15) is 5.82 Å². The van der Waals surface area contributed by atoms with Crippen molar-refractivity contribution < 1.29 is 0 Å². The van der Waals surface area contributed by atoms with Crippen LogP contribution in [0.25, 0.3) is 33.7 Å². The van der Waals surface area contributed by atoms with E-state index in [1.54, 1.807) is 0 Å². The van der Waals surface area contributed by atoms with Crippen LogP contribution in [0.15, 0.2) is 30.5 Å². The highest BCUT2D eigenvalue weighted by Gasteiger charge is 2.19. The van der Waals surface area contributed by atoms with Gasteiger partial charge in [-0.05, 0) is 55.9 Å². The zero-order chi connectivity index (χ0) is 20.1. The van der Waals surface area contributed by atoms with Crippen molar-refractivity contribution in [1.29, 1.82) is 0 Å². The molecule has 1 aromatic carbocycles. The van der Waals surface area contributed by atoms with Crippen molar-refractivity contribution in [2.24, 2.45) is 12.8 Å². The average Bonchev–Trinajstić information content (AvgIpc) is 3.17. The predicted molar refractivity (Wildman–Crippen MR) is 115 cm³/mol. The molecule has 4 aromatic rings. The molecule has 3 aromatic heterocycles. The van der Waals surface area contributed by atoms with Gasteiger partial charge in [0.15, 0.2) is 5.65 Å². The maximum atomic E-state index is 6.39. The van der Waals surface area contributed by atoms with Crippen molar-refractivity contribution in [3.8, 4) is 22.5 Å². The number of aromatic nitrogens is 5. The highest BCUT2D eigenvalue weighted by Crippen LogP contribution is 2.34. The summed E-state index contributed by atoms with van der Waals surface area (Å²) in [5, 5.41) is 4.53. The Labute approximate surface area is 170 Å². The molecule has 0 radical (unpaired) electrons. The summed E-state index contributed by atoms with van der Waals surface area (Å²) in [5.41, 5.74) is 16.1. The van der Waals surface area contributed by atoms with Crippen molar-refractivity contribution in [3.63, 3.8) is 0 Å². The molecular weight excluding hydrogens is 360 g/mol. The van der Waals surface area contributed by atoms with Crippen molar-refractivity contribution in [1.82, 2.24) is 24.7 Å². The number of nitrogens with two attached hydrogens (primary N) is 1. The molecule has 1 atom stereocenters. The third-order valence-corrected chi connectivity index (χ3v) is 6.20. The highest BCUT2D eigenvalue weighted by atomic mass is 15.3. The normalized spacial score (nSPS) is 16.8. The molecule has 0 unspecified atom stereocenters. The van der Waals surface area contributed by atoms with Crippen molar-refractivity contribution in [2.45, 2.75) is 45.6 Å². The van der Waals surface area contributed by atoms with Gasteiger partial charge >= 0.3 is 0 Å². The maximum absolute atomic E-state index is 6.39. The van der Waals surface area contributed by atoms with E-state index in [0.717, 1.165) is 52.3 Å². The van der Waals surface area contributed by atoms with E-state index in [1.165, 1.54) is 29.5 Å². The van der Waals surface area contributed by atoms with Gasteiger partial charge in [0.25, 0.3) is 0 Å². The van der Waals surface area contributed by atoms with Crippen LogP contribution in [0.3, 0.4) is 0 Å². The summed E-state index contributed by atoms with van der Waals surface area (Å²) in [6.45, 7) is 4.08. The summed E-state index contributed by atoms with van der Waals surface area (Å²) in [7, 11) is 1.96. The van der Waals surface area contributed by atoms with E-state index in [2.05, 4.69) is 46.3 Å². The fraction of sp³-hybridized carbons (Fsp3) is 0.348. The molecule has 3 N–H and O–H groups in total. The average molecular weight is 387 g/mol. The Morgan fingerprint density at radius 3 is 2.83 bits per heavy atom. The van der Waals surface area contributed by atoms with Crippen LogP contribution in [0.1, 0.15) is 47.8 Å². The molecule has 0 bridgehead atoms. The van der Waals surface area contributed by atoms with Gasteiger partial charge in [-0.25, -0.2) is 9.97 Å². The molecular formula is C23H26N6. The number of hydrogen-bond donors (Lipinski definition) is 2. The molecule has 0 fully saturated rings. The SMILES string of the molecule is Cc1nn(C)c(C)c1-c1nc2nccc(-c3ccc4c(c3)CCCC[C@H]4N)c2[nH]1. The lowest BCUT2D eigenvalue weighted by molar-refractivity contribution is 0.615. The van der Waals surface area contributed by atoms with Crippen LogP contribution in [0.4, 0.5) is 0 Å². The summed E-state index contributed by atoms with van der Waals surface area (Å²) >= 11 is 0. The largest absolute Gasteiger partial charge is 0.336 e. The van der Waals surface area contributed by atoms with Gasteiger partial charge in [-0.2, -0.15) is 5.10 Å². The van der Waals surface area contributed by atoms with Crippen molar-refractivity contribution in [3.05, 3.63) is 53.0 Å². The molecule has 5 rings (SSSR count). The van der Waals surface area contributed by atoms with Crippen LogP contribution in [0.2, 0.25) is 0 Å². The summed E-state index contributed by atoms with van der Waals surface area (Å²) in [5.74, 6) is 0.819. The van der Waals surface area contributed by atoms with Gasteiger partial charge in [0, 0.05) is 30.5 Å². The molecule has 0 saturated heterocycles. The van der Waals surface area contributed by atoms with Crippen molar-refractivity contribution in [2.75, 3.05) is 0 Å². The molecule has 29 heavy (non-hydrogen) atoms. The molecule has 0 aliphatic heterocycles. The van der Waals surface area contributed by atoms with E-state index in [1.807, 2.05) is 24.9 Å². The first-order chi connectivity index (χ1) is 14.0. The standard InChI is InChI=1S/C23H26N6/c1-13-20(14(2)29(3)28-13)22-26-21-18(10-11-25-23(21)27-22)16-8-9-17-15(12-16)6-4-5-7-19(17)24/h8-12,19H,4-7,24H2,1-3H3,(H,25,26,27)/t19-/m1/s1. The van der Waals surface area contributed by atoms with E-state index in [-0.39, 0.29) is 6.04 Å². The maximum Gasteiger partial charge on any atom is 0.178 e. The number of hydrogen-bond acceptors (Lipinski definition) is 4. The molecule has 1 aliphatic rings. The number of aromatic amines is 1. The molecule has 6 nitrogen and oxygen atoms in total. The monoisotopic (exact) mass is 386 g/mol. The Balaban J connectivity index is 1.65. The number of fused-ring (bicyclic) bond motifs is 2. The molecule has 0 amide bonds. The van der Waals surface area contributed by atoms with E-state index in [4.69, 9.17) is 10.7 Å².